The summed E-state index contributed by atoms with van der Waals surface area (Å²) in [4.78, 5) is 23.8. The number of carbonyl (C=O) groups is 1. The van der Waals surface area contributed by atoms with Gasteiger partial charge in [-0.15, -0.1) is 0 Å². The third-order valence-corrected chi connectivity index (χ3v) is 3.50. The summed E-state index contributed by atoms with van der Waals surface area (Å²) in [5.74, 6) is 0.181. The highest BCUT2D eigenvalue weighted by molar-refractivity contribution is 5.97. The molecule has 18 heavy (non-hydrogen) atoms. The van der Waals surface area contributed by atoms with E-state index in [1.165, 1.54) is 6.07 Å². The van der Waals surface area contributed by atoms with E-state index < -0.39 is 0 Å². The maximum absolute atomic E-state index is 12.0. The third-order valence-electron chi connectivity index (χ3n) is 3.50. The number of aromatic nitrogens is 1. The predicted octanol–water partition coefficient (Wildman–Crippen LogP) is 2.80. The SMILES string of the molecule is CC(C)(C)CCn1c2c(ccc1=O)C(=O)CCC2. The maximum atomic E-state index is 12.0. The Morgan fingerprint density at radius 2 is 1.89 bits per heavy atom. The summed E-state index contributed by atoms with van der Waals surface area (Å²) >= 11 is 0. The highest BCUT2D eigenvalue weighted by Gasteiger charge is 2.21. The van der Waals surface area contributed by atoms with Crippen molar-refractivity contribution >= 4 is 5.78 Å². The van der Waals surface area contributed by atoms with E-state index in [2.05, 4.69) is 20.8 Å². The number of hydrogen-bond acceptors (Lipinski definition) is 2. The molecule has 0 amide bonds. The van der Waals surface area contributed by atoms with Crippen LogP contribution in [0.25, 0.3) is 0 Å². The van der Waals surface area contributed by atoms with E-state index >= 15 is 0 Å². The van der Waals surface area contributed by atoms with Crippen molar-refractivity contribution in [2.75, 3.05) is 0 Å². The first-order valence-electron chi connectivity index (χ1n) is 6.64. The Hall–Kier alpha value is -1.38. The molecule has 0 N–H and O–H groups in total. The number of ketones is 1. The fourth-order valence-corrected chi connectivity index (χ4v) is 2.39. The van der Waals surface area contributed by atoms with Gasteiger partial charge in [0.1, 0.15) is 0 Å². The molecule has 0 aliphatic heterocycles. The van der Waals surface area contributed by atoms with Gasteiger partial charge < -0.3 is 4.57 Å². The first kappa shape index (κ1) is 13.1. The van der Waals surface area contributed by atoms with E-state index in [4.69, 9.17) is 0 Å². The molecular weight excluding hydrogens is 226 g/mol. The van der Waals surface area contributed by atoms with Gasteiger partial charge in [0.25, 0.3) is 5.56 Å². The number of nitrogens with zero attached hydrogens (tertiary/aromatic N) is 1. The summed E-state index contributed by atoms with van der Waals surface area (Å²) in [6.45, 7) is 7.20. The second-order valence-electron chi connectivity index (χ2n) is 6.27. The van der Waals surface area contributed by atoms with E-state index in [0.29, 0.717) is 13.0 Å². The smallest absolute Gasteiger partial charge is 0.250 e. The van der Waals surface area contributed by atoms with E-state index in [0.717, 1.165) is 30.5 Å². The molecule has 0 radical (unpaired) electrons. The van der Waals surface area contributed by atoms with E-state index in [-0.39, 0.29) is 16.8 Å². The number of hydrogen-bond donors (Lipinski definition) is 0. The standard InChI is InChI=1S/C15H21NO2/c1-15(2,3)9-10-16-12-5-4-6-13(17)11(12)7-8-14(16)18/h7-8H,4-6,9-10H2,1-3H3. The fourth-order valence-electron chi connectivity index (χ4n) is 2.39. The number of Topliss-reactive ketones (excluding diaryl/α,β-unsaturated/α-hetero) is 1. The second-order valence-corrected chi connectivity index (χ2v) is 6.27. The van der Waals surface area contributed by atoms with Gasteiger partial charge in [0.05, 0.1) is 0 Å². The molecule has 0 saturated carbocycles. The molecule has 1 aromatic rings. The zero-order chi connectivity index (χ0) is 13.3. The molecule has 0 bridgehead atoms. The quantitative estimate of drug-likeness (QED) is 0.806. The Morgan fingerprint density at radius 3 is 2.56 bits per heavy atom. The number of pyridine rings is 1. The van der Waals surface area contributed by atoms with Crippen LogP contribution in [-0.2, 0) is 13.0 Å². The normalized spacial score (nSPS) is 15.6. The average Bonchev–Trinajstić information content (AvgIpc) is 2.26. The lowest BCUT2D eigenvalue weighted by atomic mass is 9.91. The molecule has 3 heteroatoms. The van der Waals surface area contributed by atoms with Crippen molar-refractivity contribution in [3.05, 3.63) is 33.7 Å². The third kappa shape index (κ3) is 2.71. The minimum absolute atomic E-state index is 0.0210. The van der Waals surface area contributed by atoms with Crippen molar-refractivity contribution in [3.8, 4) is 0 Å². The van der Waals surface area contributed by atoms with Crippen LogP contribution in [0.5, 0.6) is 0 Å². The van der Waals surface area contributed by atoms with Crippen molar-refractivity contribution < 1.29 is 4.79 Å². The van der Waals surface area contributed by atoms with Gasteiger partial charge in [0.15, 0.2) is 5.78 Å². The number of rotatable bonds is 2. The number of carbonyl (C=O) groups excluding carboxylic acids is 1. The Bertz CT molecular complexity index is 520. The van der Waals surface area contributed by atoms with Crippen molar-refractivity contribution in [1.82, 2.24) is 4.57 Å². The monoisotopic (exact) mass is 247 g/mol. The molecule has 98 valence electrons. The van der Waals surface area contributed by atoms with Crippen LogP contribution in [0.15, 0.2) is 16.9 Å². The van der Waals surface area contributed by atoms with Gasteiger partial charge in [-0.3, -0.25) is 9.59 Å². The molecule has 3 nitrogen and oxygen atoms in total. The van der Waals surface area contributed by atoms with Crippen molar-refractivity contribution in [2.24, 2.45) is 5.41 Å². The number of fused-ring (bicyclic) bond motifs is 1. The first-order valence-corrected chi connectivity index (χ1v) is 6.64. The Kier molecular flexibility index (Phi) is 3.42. The second kappa shape index (κ2) is 4.71. The van der Waals surface area contributed by atoms with Crippen molar-refractivity contribution in [1.29, 1.82) is 0 Å². The van der Waals surface area contributed by atoms with Crippen LogP contribution < -0.4 is 5.56 Å². The molecule has 1 aliphatic carbocycles. The van der Waals surface area contributed by atoms with Crippen LogP contribution in [0.1, 0.15) is 56.1 Å². The molecule has 0 atom stereocenters. The molecule has 1 aromatic heterocycles. The highest BCUT2D eigenvalue weighted by Crippen LogP contribution is 2.23. The van der Waals surface area contributed by atoms with Gasteiger partial charge >= 0.3 is 0 Å². The molecule has 0 aromatic carbocycles. The molecule has 0 fully saturated rings. The maximum Gasteiger partial charge on any atom is 0.250 e. The Balaban J connectivity index is 2.37. The van der Waals surface area contributed by atoms with Gasteiger partial charge in [-0.1, -0.05) is 20.8 Å². The lowest BCUT2D eigenvalue weighted by Gasteiger charge is -2.23. The molecule has 1 aliphatic rings. The van der Waals surface area contributed by atoms with Gasteiger partial charge in [-0.2, -0.15) is 0 Å². The zero-order valence-electron chi connectivity index (χ0n) is 11.5. The highest BCUT2D eigenvalue weighted by atomic mass is 16.1. The molecular formula is C15H21NO2. The summed E-state index contributed by atoms with van der Waals surface area (Å²) < 4.78 is 1.80. The Labute approximate surface area is 108 Å². The Morgan fingerprint density at radius 1 is 1.17 bits per heavy atom. The molecule has 0 spiro atoms. The summed E-state index contributed by atoms with van der Waals surface area (Å²) in [5.41, 5.74) is 1.92. The average molecular weight is 247 g/mol. The largest absolute Gasteiger partial charge is 0.312 e. The summed E-state index contributed by atoms with van der Waals surface area (Å²) in [5, 5.41) is 0. The molecule has 1 heterocycles. The van der Waals surface area contributed by atoms with Crippen LogP contribution in [0.2, 0.25) is 0 Å². The van der Waals surface area contributed by atoms with Crippen LogP contribution in [-0.4, -0.2) is 10.4 Å². The van der Waals surface area contributed by atoms with Crippen molar-refractivity contribution in [2.45, 2.75) is 53.0 Å². The summed E-state index contributed by atoms with van der Waals surface area (Å²) in [6.07, 6.45) is 3.27. The minimum atomic E-state index is 0.0210. The van der Waals surface area contributed by atoms with Crippen LogP contribution in [0.4, 0.5) is 0 Å². The van der Waals surface area contributed by atoms with Crippen LogP contribution >= 0.6 is 0 Å². The van der Waals surface area contributed by atoms with Gasteiger partial charge in [0.2, 0.25) is 0 Å². The molecule has 0 saturated heterocycles. The fraction of sp³-hybridized carbons (Fsp3) is 0.600. The zero-order valence-corrected chi connectivity index (χ0v) is 11.5. The van der Waals surface area contributed by atoms with Crippen LogP contribution in [0, 0.1) is 5.41 Å². The van der Waals surface area contributed by atoms with Crippen LogP contribution in [0.3, 0.4) is 0 Å². The van der Waals surface area contributed by atoms with E-state index in [1.54, 1.807) is 10.6 Å². The van der Waals surface area contributed by atoms with Gasteiger partial charge in [-0.05, 0) is 30.7 Å². The topological polar surface area (TPSA) is 39.1 Å². The lowest BCUT2D eigenvalue weighted by molar-refractivity contribution is 0.0970. The van der Waals surface area contributed by atoms with Crippen molar-refractivity contribution in [3.63, 3.8) is 0 Å². The van der Waals surface area contributed by atoms with E-state index in [1.807, 2.05) is 0 Å². The minimum Gasteiger partial charge on any atom is -0.312 e. The summed E-state index contributed by atoms with van der Waals surface area (Å²) in [7, 11) is 0. The molecule has 2 rings (SSSR count). The first-order chi connectivity index (χ1) is 8.38. The van der Waals surface area contributed by atoms with Gasteiger partial charge in [0, 0.05) is 30.3 Å². The predicted molar refractivity (Wildman–Crippen MR) is 72.0 cm³/mol. The van der Waals surface area contributed by atoms with Gasteiger partial charge in [-0.25, -0.2) is 0 Å². The lowest BCUT2D eigenvalue weighted by Crippen LogP contribution is -2.29. The summed E-state index contributed by atoms with van der Waals surface area (Å²) in [6, 6.07) is 3.23. The van der Waals surface area contributed by atoms with E-state index in [9.17, 15) is 9.59 Å². The molecule has 0 unspecified atom stereocenters.